The minimum absolute atomic E-state index is 0.0854. The maximum absolute atomic E-state index is 12.0. The Hall–Kier alpha value is -2.10. The molecule has 0 aliphatic heterocycles. The van der Waals surface area contributed by atoms with E-state index in [1.165, 1.54) is 11.1 Å². The van der Waals surface area contributed by atoms with Gasteiger partial charge in [-0.05, 0) is 37.8 Å². The van der Waals surface area contributed by atoms with Crippen LogP contribution in [-0.4, -0.2) is 15.7 Å². The lowest BCUT2D eigenvalue weighted by molar-refractivity contribution is -0.121. The Balaban J connectivity index is 1.82. The SMILES string of the molecule is CCc1ccc(CCC(=O)NCc2c(C)nn(C)c2C)cc1. The van der Waals surface area contributed by atoms with E-state index >= 15 is 0 Å². The van der Waals surface area contributed by atoms with Crippen LogP contribution in [0.15, 0.2) is 24.3 Å². The van der Waals surface area contributed by atoms with Crippen LogP contribution in [-0.2, 0) is 31.2 Å². The molecule has 1 amide bonds. The number of benzene rings is 1. The summed E-state index contributed by atoms with van der Waals surface area (Å²) in [5.41, 5.74) is 5.74. The molecule has 4 heteroatoms. The third-order valence-corrected chi connectivity index (χ3v) is 4.19. The number of hydrogen-bond acceptors (Lipinski definition) is 2. The van der Waals surface area contributed by atoms with Crippen molar-refractivity contribution < 1.29 is 4.79 Å². The number of nitrogens with zero attached hydrogens (tertiary/aromatic N) is 2. The normalized spacial score (nSPS) is 10.7. The first-order valence-corrected chi connectivity index (χ1v) is 7.84. The molecule has 2 rings (SSSR count). The molecule has 0 saturated carbocycles. The Morgan fingerprint density at radius 2 is 1.82 bits per heavy atom. The van der Waals surface area contributed by atoms with Gasteiger partial charge in [0.15, 0.2) is 0 Å². The molecular formula is C18H25N3O. The van der Waals surface area contributed by atoms with Crippen molar-refractivity contribution in [3.05, 3.63) is 52.3 Å². The van der Waals surface area contributed by atoms with Crippen LogP contribution in [0.4, 0.5) is 0 Å². The van der Waals surface area contributed by atoms with E-state index in [0.29, 0.717) is 13.0 Å². The van der Waals surface area contributed by atoms with Gasteiger partial charge in [-0.1, -0.05) is 31.2 Å². The zero-order valence-corrected chi connectivity index (χ0v) is 13.9. The summed E-state index contributed by atoms with van der Waals surface area (Å²) in [6.07, 6.45) is 2.34. The van der Waals surface area contributed by atoms with Gasteiger partial charge in [0.05, 0.1) is 5.69 Å². The number of carbonyl (C=O) groups excluding carboxylic acids is 1. The summed E-state index contributed by atoms with van der Waals surface area (Å²) >= 11 is 0. The first-order valence-electron chi connectivity index (χ1n) is 7.84. The van der Waals surface area contributed by atoms with Crippen LogP contribution in [0.25, 0.3) is 0 Å². The molecule has 22 heavy (non-hydrogen) atoms. The highest BCUT2D eigenvalue weighted by molar-refractivity contribution is 5.76. The number of amides is 1. The van der Waals surface area contributed by atoms with Gasteiger partial charge in [0.25, 0.3) is 0 Å². The summed E-state index contributed by atoms with van der Waals surface area (Å²) in [6, 6.07) is 8.49. The van der Waals surface area contributed by atoms with Crippen molar-refractivity contribution in [2.45, 2.75) is 46.6 Å². The molecule has 4 nitrogen and oxygen atoms in total. The lowest BCUT2D eigenvalue weighted by atomic mass is 10.1. The van der Waals surface area contributed by atoms with E-state index in [2.05, 4.69) is 41.6 Å². The molecule has 0 spiro atoms. The number of aryl methyl sites for hydroxylation is 4. The fourth-order valence-corrected chi connectivity index (χ4v) is 2.55. The number of rotatable bonds is 6. The molecular weight excluding hydrogens is 274 g/mol. The molecule has 1 heterocycles. The van der Waals surface area contributed by atoms with E-state index < -0.39 is 0 Å². The van der Waals surface area contributed by atoms with Gasteiger partial charge in [-0.15, -0.1) is 0 Å². The predicted molar refractivity (Wildman–Crippen MR) is 88.7 cm³/mol. The first kappa shape index (κ1) is 16.3. The smallest absolute Gasteiger partial charge is 0.220 e. The highest BCUT2D eigenvalue weighted by Crippen LogP contribution is 2.11. The standard InChI is InChI=1S/C18H25N3O/c1-5-15-6-8-16(9-7-15)10-11-18(22)19-12-17-13(2)20-21(4)14(17)3/h6-9H,5,10-12H2,1-4H3,(H,19,22). The Morgan fingerprint density at radius 3 is 2.36 bits per heavy atom. The van der Waals surface area contributed by atoms with Crippen LogP contribution in [0.2, 0.25) is 0 Å². The molecule has 0 saturated heterocycles. The van der Waals surface area contributed by atoms with Crippen LogP contribution < -0.4 is 5.32 Å². The van der Waals surface area contributed by atoms with Crippen LogP contribution >= 0.6 is 0 Å². The summed E-state index contributed by atoms with van der Waals surface area (Å²) < 4.78 is 1.85. The zero-order chi connectivity index (χ0) is 16.1. The summed E-state index contributed by atoms with van der Waals surface area (Å²) in [6.45, 7) is 6.70. The fraction of sp³-hybridized carbons (Fsp3) is 0.444. The van der Waals surface area contributed by atoms with Gasteiger partial charge in [0.2, 0.25) is 5.91 Å². The minimum Gasteiger partial charge on any atom is -0.352 e. The van der Waals surface area contributed by atoms with Gasteiger partial charge < -0.3 is 5.32 Å². The van der Waals surface area contributed by atoms with Crippen molar-refractivity contribution in [3.8, 4) is 0 Å². The maximum atomic E-state index is 12.0. The van der Waals surface area contributed by atoms with E-state index in [-0.39, 0.29) is 5.91 Å². The van der Waals surface area contributed by atoms with E-state index in [1.807, 2.05) is 25.6 Å². The van der Waals surface area contributed by atoms with Crippen LogP contribution in [0.3, 0.4) is 0 Å². The Kier molecular flexibility index (Phi) is 5.36. The van der Waals surface area contributed by atoms with Gasteiger partial charge in [0, 0.05) is 31.3 Å². The summed E-state index contributed by atoms with van der Waals surface area (Å²) in [5, 5.41) is 7.36. The predicted octanol–water partition coefficient (Wildman–Crippen LogP) is 2.85. The van der Waals surface area contributed by atoms with Crippen molar-refractivity contribution >= 4 is 5.91 Å². The maximum Gasteiger partial charge on any atom is 0.220 e. The molecule has 0 fully saturated rings. The highest BCUT2D eigenvalue weighted by atomic mass is 16.1. The van der Waals surface area contributed by atoms with E-state index in [4.69, 9.17) is 0 Å². The summed E-state index contributed by atoms with van der Waals surface area (Å²) in [4.78, 5) is 12.0. The van der Waals surface area contributed by atoms with E-state index in [0.717, 1.165) is 29.8 Å². The lowest BCUT2D eigenvalue weighted by Gasteiger charge is -2.06. The Morgan fingerprint density at radius 1 is 1.18 bits per heavy atom. The number of carbonyl (C=O) groups is 1. The number of nitrogens with one attached hydrogen (secondary N) is 1. The summed E-state index contributed by atoms with van der Waals surface area (Å²) in [7, 11) is 1.92. The number of hydrogen-bond donors (Lipinski definition) is 1. The van der Waals surface area contributed by atoms with Gasteiger partial charge in [-0.25, -0.2) is 0 Å². The van der Waals surface area contributed by atoms with Crippen LogP contribution in [0, 0.1) is 13.8 Å². The van der Waals surface area contributed by atoms with Gasteiger partial charge in [-0.3, -0.25) is 9.48 Å². The van der Waals surface area contributed by atoms with Crippen molar-refractivity contribution in [1.29, 1.82) is 0 Å². The molecule has 0 atom stereocenters. The third kappa shape index (κ3) is 3.97. The average molecular weight is 299 g/mol. The van der Waals surface area contributed by atoms with E-state index in [1.54, 1.807) is 0 Å². The average Bonchev–Trinajstić information content (AvgIpc) is 2.76. The summed E-state index contributed by atoms with van der Waals surface area (Å²) in [5.74, 6) is 0.0854. The molecule has 0 unspecified atom stereocenters. The zero-order valence-electron chi connectivity index (χ0n) is 13.9. The van der Waals surface area contributed by atoms with Crippen molar-refractivity contribution in [3.63, 3.8) is 0 Å². The Bertz CT molecular complexity index is 641. The largest absolute Gasteiger partial charge is 0.352 e. The Labute approximate surface area is 132 Å². The molecule has 1 aromatic heterocycles. The minimum atomic E-state index is 0.0854. The molecule has 2 aromatic rings. The van der Waals surface area contributed by atoms with Crippen molar-refractivity contribution in [2.24, 2.45) is 7.05 Å². The number of aromatic nitrogens is 2. The second-order valence-electron chi connectivity index (χ2n) is 5.72. The molecule has 0 aliphatic carbocycles. The van der Waals surface area contributed by atoms with E-state index in [9.17, 15) is 4.79 Å². The van der Waals surface area contributed by atoms with Crippen LogP contribution in [0.1, 0.15) is 41.4 Å². The van der Waals surface area contributed by atoms with Crippen molar-refractivity contribution in [2.75, 3.05) is 0 Å². The molecule has 1 aromatic carbocycles. The molecule has 0 radical (unpaired) electrons. The molecule has 118 valence electrons. The third-order valence-electron chi connectivity index (χ3n) is 4.19. The monoisotopic (exact) mass is 299 g/mol. The highest BCUT2D eigenvalue weighted by Gasteiger charge is 2.10. The quantitative estimate of drug-likeness (QED) is 0.891. The van der Waals surface area contributed by atoms with Gasteiger partial charge >= 0.3 is 0 Å². The molecule has 0 bridgehead atoms. The second-order valence-corrected chi connectivity index (χ2v) is 5.72. The van der Waals surface area contributed by atoms with Crippen LogP contribution in [0.5, 0.6) is 0 Å². The lowest BCUT2D eigenvalue weighted by Crippen LogP contribution is -2.23. The molecule has 0 aliphatic rings. The van der Waals surface area contributed by atoms with Crippen molar-refractivity contribution in [1.82, 2.24) is 15.1 Å². The fourth-order valence-electron chi connectivity index (χ4n) is 2.55. The molecule has 1 N–H and O–H groups in total. The second kappa shape index (κ2) is 7.25. The topological polar surface area (TPSA) is 46.9 Å². The first-order chi connectivity index (χ1) is 10.5. The van der Waals surface area contributed by atoms with Gasteiger partial charge in [-0.2, -0.15) is 5.10 Å². The van der Waals surface area contributed by atoms with Gasteiger partial charge in [0.1, 0.15) is 0 Å².